The molecule has 0 radical (unpaired) electrons. The molecule has 1 aromatic carbocycles. The van der Waals surface area contributed by atoms with Crippen molar-refractivity contribution in [1.29, 1.82) is 0 Å². The van der Waals surface area contributed by atoms with Crippen LogP contribution in [-0.4, -0.2) is 60.7 Å². The lowest BCUT2D eigenvalue weighted by Crippen LogP contribution is -2.56. The number of methoxy groups -OCH3 is 1. The van der Waals surface area contributed by atoms with Crippen molar-refractivity contribution in [3.63, 3.8) is 0 Å². The van der Waals surface area contributed by atoms with Gasteiger partial charge in [0.2, 0.25) is 0 Å². The normalized spacial score (nSPS) is 19.0. The summed E-state index contributed by atoms with van der Waals surface area (Å²) in [6.45, 7) is 1.34. The van der Waals surface area contributed by atoms with Crippen LogP contribution in [0.4, 0.5) is 5.82 Å². The number of anilines is 1. The summed E-state index contributed by atoms with van der Waals surface area (Å²) in [5, 5.41) is 2.91. The summed E-state index contributed by atoms with van der Waals surface area (Å²) in [7, 11) is 1.54. The van der Waals surface area contributed by atoms with Gasteiger partial charge in [0.15, 0.2) is 0 Å². The highest BCUT2D eigenvalue weighted by Gasteiger charge is 2.32. The van der Waals surface area contributed by atoms with E-state index in [1.54, 1.807) is 0 Å². The van der Waals surface area contributed by atoms with Crippen molar-refractivity contribution < 1.29 is 19.1 Å². The van der Waals surface area contributed by atoms with Crippen LogP contribution in [0.2, 0.25) is 5.02 Å². The van der Waals surface area contributed by atoms with Crippen molar-refractivity contribution in [2.45, 2.75) is 25.2 Å². The van der Waals surface area contributed by atoms with Gasteiger partial charge >= 0.3 is 5.97 Å². The molecular formula is C21H25ClN4O5. The third-order valence-corrected chi connectivity index (χ3v) is 5.44. The fourth-order valence-corrected chi connectivity index (χ4v) is 3.58. The lowest BCUT2D eigenvalue weighted by molar-refractivity contribution is -0.147. The average molecular weight is 449 g/mol. The SMILES string of the molecule is CO[C@H]1CN(CC(=O)OCc2ccccc2)CC[C@H]1NC(=O)c1cc(Cl)c(N)[nH]c1=O. The Balaban J connectivity index is 1.53. The zero-order valence-corrected chi connectivity index (χ0v) is 17.9. The first-order chi connectivity index (χ1) is 14.9. The molecule has 2 aromatic rings. The van der Waals surface area contributed by atoms with Crippen LogP contribution in [0.25, 0.3) is 0 Å². The Hall–Kier alpha value is -2.88. The monoisotopic (exact) mass is 448 g/mol. The second-order valence-corrected chi connectivity index (χ2v) is 7.71. The summed E-state index contributed by atoms with van der Waals surface area (Å²) >= 11 is 5.91. The number of nitrogens with one attached hydrogen (secondary N) is 2. The molecule has 2 atom stereocenters. The average Bonchev–Trinajstić information content (AvgIpc) is 2.76. The lowest BCUT2D eigenvalue weighted by Gasteiger charge is -2.37. The number of halogens is 1. The van der Waals surface area contributed by atoms with Crippen LogP contribution in [-0.2, 0) is 20.9 Å². The van der Waals surface area contributed by atoms with E-state index in [4.69, 9.17) is 26.8 Å². The molecular weight excluding hydrogens is 424 g/mol. The maximum absolute atomic E-state index is 12.6. The van der Waals surface area contributed by atoms with Crippen molar-refractivity contribution in [3.05, 3.63) is 62.9 Å². The quantitative estimate of drug-likeness (QED) is 0.542. The number of nitrogen functional groups attached to an aromatic ring is 1. The third kappa shape index (κ3) is 6.06. The van der Waals surface area contributed by atoms with Gasteiger partial charge in [-0.15, -0.1) is 0 Å². The van der Waals surface area contributed by atoms with E-state index >= 15 is 0 Å². The molecule has 2 heterocycles. The number of benzene rings is 1. The number of nitrogens with two attached hydrogens (primary N) is 1. The summed E-state index contributed by atoms with van der Waals surface area (Å²) in [6.07, 6.45) is 0.180. The van der Waals surface area contributed by atoms with Crippen LogP contribution >= 0.6 is 11.6 Å². The number of carbonyl (C=O) groups is 2. The van der Waals surface area contributed by atoms with Crippen LogP contribution in [0, 0.1) is 0 Å². The van der Waals surface area contributed by atoms with Crippen molar-refractivity contribution in [1.82, 2.24) is 15.2 Å². The van der Waals surface area contributed by atoms with Crippen molar-refractivity contribution in [3.8, 4) is 0 Å². The van der Waals surface area contributed by atoms with Crippen molar-refractivity contribution in [2.24, 2.45) is 0 Å². The van der Waals surface area contributed by atoms with E-state index in [9.17, 15) is 14.4 Å². The molecule has 0 saturated carbocycles. The number of H-pyrrole nitrogens is 1. The Morgan fingerprint density at radius 1 is 1.32 bits per heavy atom. The predicted molar refractivity (Wildman–Crippen MR) is 116 cm³/mol. The first kappa shape index (κ1) is 22.8. The number of piperidine rings is 1. The number of nitrogens with zero attached hydrogens (tertiary/aromatic N) is 1. The standard InChI is InChI=1S/C21H25ClN4O5/c1-30-17-10-26(11-18(27)31-12-13-5-3-2-4-6-13)8-7-16(17)24-20(28)14-9-15(22)19(23)25-21(14)29/h2-6,9,16-17H,7-8,10-12H2,1H3,(H,24,28)(H3,23,25,29)/t16-,17+/m1/s1. The maximum Gasteiger partial charge on any atom is 0.320 e. The van der Waals surface area contributed by atoms with Gasteiger partial charge in [-0.2, -0.15) is 0 Å². The Morgan fingerprint density at radius 3 is 2.77 bits per heavy atom. The number of pyridine rings is 1. The molecule has 0 unspecified atom stereocenters. The Bertz CT molecular complexity index is 981. The predicted octanol–water partition coefficient (Wildman–Crippen LogP) is 1.17. The number of ether oxygens (including phenoxy) is 2. The Morgan fingerprint density at radius 2 is 2.06 bits per heavy atom. The Kier molecular flexibility index (Phi) is 7.67. The summed E-state index contributed by atoms with van der Waals surface area (Å²) in [6, 6.07) is 10.4. The largest absolute Gasteiger partial charge is 0.460 e. The van der Waals surface area contributed by atoms with E-state index in [1.165, 1.54) is 13.2 Å². The third-order valence-electron chi connectivity index (χ3n) is 5.12. The number of likely N-dealkylation sites (tertiary alicyclic amines) is 1. The number of amides is 1. The molecule has 1 fully saturated rings. The molecule has 9 nitrogen and oxygen atoms in total. The minimum Gasteiger partial charge on any atom is -0.460 e. The maximum atomic E-state index is 12.6. The summed E-state index contributed by atoms with van der Waals surface area (Å²) in [5.41, 5.74) is 5.72. The van der Waals surface area contributed by atoms with Gasteiger partial charge in [-0.3, -0.25) is 19.3 Å². The minimum atomic E-state index is -0.619. The molecule has 1 aliphatic rings. The number of aromatic amines is 1. The van der Waals surface area contributed by atoms with E-state index in [0.717, 1.165) is 5.56 Å². The van der Waals surface area contributed by atoms with Crippen molar-refractivity contribution in [2.75, 3.05) is 32.5 Å². The van der Waals surface area contributed by atoms with Crippen LogP contribution in [0.5, 0.6) is 0 Å². The molecule has 1 amide bonds. The van der Waals surface area contributed by atoms with Crippen LogP contribution in [0.1, 0.15) is 22.3 Å². The number of carbonyl (C=O) groups excluding carboxylic acids is 2. The lowest BCUT2D eigenvalue weighted by atomic mass is 10.0. The van der Waals surface area contributed by atoms with Gasteiger partial charge in [0.25, 0.3) is 11.5 Å². The molecule has 1 saturated heterocycles. The van der Waals surface area contributed by atoms with Gasteiger partial charge in [0, 0.05) is 20.2 Å². The highest BCUT2D eigenvalue weighted by molar-refractivity contribution is 6.33. The molecule has 1 aliphatic heterocycles. The fourth-order valence-electron chi connectivity index (χ4n) is 3.43. The van der Waals surface area contributed by atoms with E-state index in [-0.39, 0.29) is 47.7 Å². The molecule has 1 aromatic heterocycles. The van der Waals surface area contributed by atoms with E-state index in [2.05, 4.69) is 10.3 Å². The Labute approximate surface area is 184 Å². The second-order valence-electron chi connectivity index (χ2n) is 7.30. The highest BCUT2D eigenvalue weighted by Crippen LogP contribution is 2.17. The molecule has 4 N–H and O–H groups in total. The topological polar surface area (TPSA) is 127 Å². The first-order valence-corrected chi connectivity index (χ1v) is 10.2. The van der Waals surface area contributed by atoms with E-state index in [0.29, 0.717) is 19.5 Å². The van der Waals surface area contributed by atoms with Gasteiger partial charge < -0.3 is 25.5 Å². The number of rotatable bonds is 7. The summed E-state index contributed by atoms with van der Waals surface area (Å²) < 4.78 is 10.8. The zero-order valence-electron chi connectivity index (χ0n) is 17.1. The second kappa shape index (κ2) is 10.4. The molecule has 0 spiro atoms. The number of hydrogen-bond donors (Lipinski definition) is 3. The van der Waals surface area contributed by atoms with Gasteiger partial charge in [0.1, 0.15) is 18.0 Å². The number of esters is 1. The molecule has 0 bridgehead atoms. The minimum absolute atomic E-state index is 0.00504. The highest BCUT2D eigenvalue weighted by atomic mass is 35.5. The zero-order chi connectivity index (χ0) is 22.4. The summed E-state index contributed by atoms with van der Waals surface area (Å²) in [4.78, 5) is 41.0. The number of hydrogen-bond acceptors (Lipinski definition) is 7. The molecule has 3 rings (SSSR count). The van der Waals surface area contributed by atoms with Gasteiger partial charge in [-0.25, -0.2) is 0 Å². The van der Waals surface area contributed by atoms with Gasteiger partial charge in [-0.05, 0) is 18.1 Å². The summed E-state index contributed by atoms with van der Waals surface area (Å²) in [5.74, 6) is -0.888. The molecule has 31 heavy (non-hydrogen) atoms. The van der Waals surface area contributed by atoms with Gasteiger partial charge in [-0.1, -0.05) is 41.9 Å². The van der Waals surface area contributed by atoms with E-state index < -0.39 is 11.5 Å². The van der Waals surface area contributed by atoms with Crippen LogP contribution in [0.3, 0.4) is 0 Å². The van der Waals surface area contributed by atoms with Crippen molar-refractivity contribution >= 4 is 29.3 Å². The van der Waals surface area contributed by atoms with Crippen LogP contribution < -0.4 is 16.6 Å². The molecule has 0 aliphatic carbocycles. The smallest absolute Gasteiger partial charge is 0.320 e. The molecule has 10 heteroatoms. The van der Waals surface area contributed by atoms with E-state index in [1.807, 2.05) is 35.2 Å². The fraction of sp³-hybridized carbons (Fsp3) is 0.381. The van der Waals surface area contributed by atoms with Gasteiger partial charge in [0.05, 0.1) is 23.7 Å². The number of aromatic nitrogens is 1. The van der Waals surface area contributed by atoms with Crippen LogP contribution in [0.15, 0.2) is 41.2 Å². The molecule has 166 valence electrons. The first-order valence-electron chi connectivity index (χ1n) is 9.81.